The van der Waals surface area contributed by atoms with Crippen LogP contribution in [0.5, 0.6) is 0 Å². The highest BCUT2D eigenvalue weighted by molar-refractivity contribution is 7.90. The number of anilines is 2. The van der Waals surface area contributed by atoms with Crippen molar-refractivity contribution in [2.45, 2.75) is 4.90 Å². The van der Waals surface area contributed by atoms with E-state index in [4.69, 9.17) is 0 Å². The summed E-state index contributed by atoms with van der Waals surface area (Å²) in [7, 11) is -0.189. The van der Waals surface area contributed by atoms with Crippen molar-refractivity contribution < 1.29 is 18.0 Å². The molecule has 8 heteroatoms. The van der Waals surface area contributed by atoms with E-state index in [-0.39, 0.29) is 10.5 Å². The molecule has 0 atom stereocenters. The molecule has 0 saturated heterocycles. The van der Waals surface area contributed by atoms with Crippen LogP contribution in [0, 0.1) is 0 Å². The van der Waals surface area contributed by atoms with Crippen molar-refractivity contribution in [3.8, 4) is 0 Å². The Morgan fingerprint density at radius 2 is 1.72 bits per heavy atom. The van der Waals surface area contributed by atoms with Gasteiger partial charge in [-0.1, -0.05) is 12.1 Å². The number of fused-ring (bicyclic) bond motifs is 1. The Morgan fingerprint density at radius 1 is 1.08 bits per heavy atom. The second-order valence-corrected chi connectivity index (χ2v) is 7.63. The summed E-state index contributed by atoms with van der Waals surface area (Å²) in [5.74, 6) is -1.27. The number of benzene rings is 2. The number of carbonyl (C=O) groups is 2. The van der Waals surface area contributed by atoms with Crippen molar-refractivity contribution >= 4 is 33.2 Å². The summed E-state index contributed by atoms with van der Waals surface area (Å²) in [5, 5.41) is 2.60. The highest BCUT2D eigenvalue weighted by Crippen LogP contribution is 2.29. The van der Waals surface area contributed by atoms with Crippen LogP contribution < -0.4 is 10.2 Å². The molecule has 1 N–H and O–H groups in total. The van der Waals surface area contributed by atoms with Crippen LogP contribution in [0.2, 0.25) is 0 Å². The minimum Gasteiger partial charge on any atom is -0.378 e. The fourth-order valence-electron chi connectivity index (χ4n) is 2.56. The minimum absolute atomic E-state index is 0.0665. The smallest absolute Gasteiger partial charge is 0.269 e. The van der Waals surface area contributed by atoms with Crippen LogP contribution in [0.4, 0.5) is 11.4 Å². The van der Waals surface area contributed by atoms with E-state index >= 15 is 0 Å². The highest BCUT2D eigenvalue weighted by Gasteiger charge is 2.41. The van der Waals surface area contributed by atoms with Gasteiger partial charge in [-0.25, -0.2) is 12.7 Å². The summed E-state index contributed by atoms with van der Waals surface area (Å²) >= 11 is 0. The van der Waals surface area contributed by atoms with Crippen LogP contribution in [-0.2, 0) is 14.8 Å². The topological polar surface area (TPSA) is 86.8 Å². The molecular formula is C17H17N3O4S. The average Bonchev–Trinajstić information content (AvgIpc) is 2.77. The zero-order valence-electron chi connectivity index (χ0n) is 13.8. The maximum absolute atomic E-state index is 12.4. The van der Waals surface area contributed by atoms with Gasteiger partial charge in [-0.2, -0.15) is 0 Å². The maximum Gasteiger partial charge on any atom is 0.269 e. The largest absolute Gasteiger partial charge is 0.378 e. The third-order valence-electron chi connectivity index (χ3n) is 3.87. The molecule has 25 heavy (non-hydrogen) atoms. The molecule has 2 aromatic rings. The predicted molar refractivity (Wildman–Crippen MR) is 94.1 cm³/mol. The molecule has 1 heterocycles. The zero-order valence-corrected chi connectivity index (χ0v) is 14.6. The van der Waals surface area contributed by atoms with Gasteiger partial charge in [0.2, 0.25) is 5.91 Å². The van der Waals surface area contributed by atoms with Gasteiger partial charge in [-0.05, 0) is 36.4 Å². The average molecular weight is 359 g/mol. The Labute approximate surface area is 145 Å². The van der Waals surface area contributed by atoms with Crippen LogP contribution in [0.15, 0.2) is 53.4 Å². The lowest BCUT2D eigenvalue weighted by molar-refractivity contribution is -0.116. The Kier molecular flexibility index (Phi) is 4.22. The molecule has 0 bridgehead atoms. The number of sulfonamides is 1. The summed E-state index contributed by atoms with van der Waals surface area (Å²) in [4.78, 5) is 26.3. The quantitative estimate of drug-likeness (QED) is 0.895. The molecule has 0 fully saturated rings. The Hall–Kier alpha value is -2.87. The predicted octanol–water partition coefficient (Wildman–Crippen LogP) is 1.54. The van der Waals surface area contributed by atoms with E-state index in [1.165, 1.54) is 12.1 Å². The molecule has 0 spiro atoms. The van der Waals surface area contributed by atoms with Gasteiger partial charge >= 0.3 is 0 Å². The van der Waals surface area contributed by atoms with E-state index < -0.39 is 28.4 Å². The van der Waals surface area contributed by atoms with Crippen molar-refractivity contribution in [2.24, 2.45) is 0 Å². The molecule has 0 saturated carbocycles. The van der Waals surface area contributed by atoms with Crippen molar-refractivity contribution in [1.29, 1.82) is 0 Å². The number of nitrogens with zero attached hydrogens (tertiary/aromatic N) is 2. The van der Waals surface area contributed by atoms with Crippen LogP contribution in [-0.4, -0.2) is 45.2 Å². The van der Waals surface area contributed by atoms with E-state index in [2.05, 4.69) is 5.32 Å². The third-order valence-corrected chi connectivity index (χ3v) is 5.65. The number of carbonyl (C=O) groups excluding carboxylic acids is 2. The molecule has 130 valence electrons. The summed E-state index contributed by atoms with van der Waals surface area (Å²) in [6.07, 6.45) is 0. The first-order valence-corrected chi connectivity index (χ1v) is 8.98. The molecule has 1 aliphatic heterocycles. The van der Waals surface area contributed by atoms with Crippen molar-refractivity contribution in [2.75, 3.05) is 30.9 Å². The summed E-state index contributed by atoms with van der Waals surface area (Å²) in [6.45, 7) is -0.564. The normalized spacial score (nSPS) is 15.0. The lowest BCUT2D eigenvalue weighted by Gasteiger charge is -2.16. The minimum atomic E-state index is -3.98. The van der Waals surface area contributed by atoms with Gasteiger partial charge in [0.25, 0.3) is 15.9 Å². The van der Waals surface area contributed by atoms with E-state index in [0.29, 0.717) is 9.99 Å². The summed E-state index contributed by atoms with van der Waals surface area (Å²) < 4.78 is 25.4. The van der Waals surface area contributed by atoms with Crippen LogP contribution >= 0.6 is 0 Å². The van der Waals surface area contributed by atoms with Gasteiger partial charge in [-0.3, -0.25) is 9.59 Å². The second kappa shape index (κ2) is 6.21. The van der Waals surface area contributed by atoms with E-state index in [1.807, 2.05) is 31.1 Å². The summed E-state index contributed by atoms with van der Waals surface area (Å²) in [6, 6.07) is 13.0. The zero-order chi connectivity index (χ0) is 18.2. The molecule has 0 aliphatic carbocycles. The first-order chi connectivity index (χ1) is 11.8. The lowest BCUT2D eigenvalue weighted by Crippen LogP contribution is -2.37. The molecule has 7 nitrogen and oxygen atoms in total. The third kappa shape index (κ3) is 3.08. The Morgan fingerprint density at radius 3 is 2.32 bits per heavy atom. The second-order valence-electron chi connectivity index (χ2n) is 5.80. The molecule has 2 amide bonds. The number of nitrogens with one attached hydrogen (secondary N) is 1. The van der Waals surface area contributed by atoms with Crippen molar-refractivity contribution in [3.05, 3.63) is 54.1 Å². The fourth-order valence-corrected chi connectivity index (χ4v) is 4.09. The SMILES string of the molecule is CN(C)c1ccc(NC(=O)CN2C(=O)c3ccccc3S2(=O)=O)cc1. The number of hydrogen-bond donors (Lipinski definition) is 1. The van der Waals surface area contributed by atoms with Gasteiger partial charge in [-0.15, -0.1) is 0 Å². The van der Waals surface area contributed by atoms with Gasteiger partial charge in [0.05, 0.1) is 5.56 Å². The van der Waals surface area contributed by atoms with Gasteiger partial charge in [0.1, 0.15) is 11.4 Å². The van der Waals surface area contributed by atoms with E-state index in [9.17, 15) is 18.0 Å². The van der Waals surface area contributed by atoms with Crippen LogP contribution in [0.1, 0.15) is 10.4 Å². The fraction of sp³-hybridized carbons (Fsp3) is 0.176. The monoisotopic (exact) mass is 359 g/mol. The maximum atomic E-state index is 12.4. The molecule has 0 aromatic heterocycles. The van der Waals surface area contributed by atoms with E-state index in [1.54, 1.807) is 24.3 Å². The number of rotatable bonds is 4. The Balaban J connectivity index is 1.75. The first kappa shape index (κ1) is 17.0. The van der Waals surface area contributed by atoms with Crippen LogP contribution in [0.25, 0.3) is 0 Å². The molecule has 3 rings (SSSR count). The molecule has 2 aromatic carbocycles. The van der Waals surface area contributed by atoms with Crippen molar-refractivity contribution in [1.82, 2.24) is 4.31 Å². The molecule has 1 aliphatic rings. The van der Waals surface area contributed by atoms with Gasteiger partial charge in [0, 0.05) is 25.5 Å². The molecule has 0 radical (unpaired) electrons. The number of amides is 2. The van der Waals surface area contributed by atoms with E-state index in [0.717, 1.165) is 5.69 Å². The first-order valence-electron chi connectivity index (χ1n) is 7.54. The van der Waals surface area contributed by atoms with Gasteiger partial charge in [0.15, 0.2) is 0 Å². The lowest BCUT2D eigenvalue weighted by atomic mass is 10.2. The van der Waals surface area contributed by atoms with Crippen molar-refractivity contribution in [3.63, 3.8) is 0 Å². The Bertz CT molecular complexity index is 937. The standard InChI is InChI=1S/C17H17N3O4S/c1-19(2)13-9-7-12(8-10-13)18-16(21)11-20-17(22)14-5-3-4-6-15(14)25(20,23)24/h3-10H,11H2,1-2H3,(H,18,21). The summed E-state index contributed by atoms with van der Waals surface area (Å²) in [5.41, 5.74) is 1.58. The number of hydrogen-bond acceptors (Lipinski definition) is 5. The highest BCUT2D eigenvalue weighted by atomic mass is 32.2. The molecule has 0 unspecified atom stereocenters. The molecular weight excluding hydrogens is 342 g/mol. The van der Waals surface area contributed by atoms with Gasteiger partial charge < -0.3 is 10.2 Å². The van der Waals surface area contributed by atoms with Crippen LogP contribution in [0.3, 0.4) is 0 Å².